The van der Waals surface area contributed by atoms with Gasteiger partial charge in [-0.25, -0.2) is 4.98 Å². The van der Waals surface area contributed by atoms with Gasteiger partial charge in [-0.2, -0.15) is 4.98 Å². The summed E-state index contributed by atoms with van der Waals surface area (Å²) in [6.07, 6.45) is 5.34. The number of benzene rings is 1. The number of hydrogen-bond donors (Lipinski definition) is 1. The molecule has 1 N–H and O–H groups in total. The number of anilines is 3. The van der Waals surface area contributed by atoms with Gasteiger partial charge in [0.25, 0.3) is 5.56 Å². The minimum atomic E-state index is -0.0516. The van der Waals surface area contributed by atoms with Crippen molar-refractivity contribution in [1.82, 2.24) is 24.4 Å². The molecule has 192 valence electrons. The minimum absolute atomic E-state index is 0.0516. The van der Waals surface area contributed by atoms with E-state index >= 15 is 0 Å². The summed E-state index contributed by atoms with van der Waals surface area (Å²) in [5.41, 5.74) is 4.45. The normalized spacial score (nSPS) is 14.2. The van der Waals surface area contributed by atoms with Gasteiger partial charge in [0.05, 0.1) is 5.56 Å². The van der Waals surface area contributed by atoms with Gasteiger partial charge in [0.2, 0.25) is 5.95 Å². The SMILES string of the molecule is CCn1c(=O)c(-c2ccc(-c3ccncc3)s2)cc2cnc(Nc3ccc(N4CCN(C)CC4)cc3)nc21. The molecule has 1 aliphatic rings. The van der Waals surface area contributed by atoms with Crippen molar-refractivity contribution >= 4 is 39.7 Å². The smallest absolute Gasteiger partial charge is 0.260 e. The highest BCUT2D eigenvalue weighted by Gasteiger charge is 2.16. The van der Waals surface area contributed by atoms with Crippen LogP contribution in [0.25, 0.3) is 31.9 Å². The van der Waals surface area contributed by atoms with E-state index in [0.717, 1.165) is 52.6 Å². The van der Waals surface area contributed by atoms with Crippen molar-refractivity contribution in [2.75, 3.05) is 43.4 Å². The zero-order valence-electron chi connectivity index (χ0n) is 21.5. The second-order valence-electron chi connectivity index (χ2n) is 9.44. The highest BCUT2D eigenvalue weighted by Crippen LogP contribution is 2.34. The van der Waals surface area contributed by atoms with E-state index in [1.54, 1.807) is 34.5 Å². The second-order valence-corrected chi connectivity index (χ2v) is 10.5. The number of fused-ring (bicyclic) bond motifs is 1. The van der Waals surface area contributed by atoms with E-state index in [1.165, 1.54) is 5.69 Å². The number of aromatic nitrogens is 4. The highest BCUT2D eigenvalue weighted by atomic mass is 32.1. The Morgan fingerprint density at radius 2 is 1.68 bits per heavy atom. The van der Waals surface area contributed by atoms with Crippen LogP contribution in [-0.4, -0.2) is 57.6 Å². The topological polar surface area (TPSA) is 79.2 Å². The molecule has 1 saturated heterocycles. The molecule has 0 unspecified atom stereocenters. The third kappa shape index (κ3) is 4.78. The minimum Gasteiger partial charge on any atom is -0.369 e. The summed E-state index contributed by atoms with van der Waals surface area (Å²) >= 11 is 1.60. The number of aryl methyl sites for hydroxylation is 1. The Kier molecular flexibility index (Phi) is 6.61. The summed E-state index contributed by atoms with van der Waals surface area (Å²) in [4.78, 5) is 33.7. The fourth-order valence-corrected chi connectivity index (χ4v) is 5.81. The third-order valence-electron chi connectivity index (χ3n) is 6.97. The molecule has 9 heteroatoms. The van der Waals surface area contributed by atoms with Crippen molar-refractivity contribution in [2.45, 2.75) is 13.5 Å². The van der Waals surface area contributed by atoms with Crippen LogP contribution < -0.4 is 15.8 Å². The lowest BCUT2D eigenvalue weighted by Gasteiger charge is -2.34. The van der Waals surface area contributed by atoms with Crippen LogP contribution >= 0.6 is 11.3 Å². The average Bonchev–Trinajstić information content (AvgIpc) is 3.44. The molecule has 0 radical (unpaired) electrons. The van der Waals surface area contributed by atoms with E-state index in [9.17, 15) is 4.79 Å². The molecule has 0 saturated carbocycles. The molecule has 0 spiro atoms. The highest BCUT2D eigenvalue weighted by molar-refractivity contribution is 7.18. The van der Waals surface area contributed by atoms with Crippen LogP contribution in [0.5, 0.6) is 0 Å². The van der Waals surface area contributed by atoms with Crippen LogP contribution in [0.2, 0.25) is 0 Å². The van der Waals surface area contributed by atoms with Crippen molar-refractivity contribution in [3.63, 3.8) is 0 Å². The van der Waals surface area contributed by atoms with Crippen LogP contribution in [0.1, 0.15) is 6.92 Å². The lowest BCUT2D eigenvalue weighted by molar-refractivity contribution is 0.313. The lowest BCUT2D eigenvalue weighted by atomic mass is 10.2. The van der Waals surface area contributed by atoms with Gasteiger partial charge < -0.3 is 15.1 Å². The van der Waals surface area contributed by atoms with Crippen LogP contribution in [0.3, 0.4) is 0 Å². The first kappa shape index (κ1) is 24.3. The van der Waals surface area contributed by atoms with Gasteiger partial charge in [0, 0.05) is 77.8 Å². The predicted octanol–water partition coefficient (Wildman–Crippen LogP) is 5.10. The summed E-state index contributed by atoms with van der Waals surface area (Å²) in [5, 5.41) is 4.13. The molecule has 1 aromatic carbocycles. The Morgan fingerprint density at radius 1 is 0.947 bits per heavy atom. The number of thiophene rings is 1. The summed E-state index contributed by atoms with van der Waals surface area (Å²) in [7, 11) is 2.16. The van der Waals surface area contributed by atoms with E-state index < -0.39 is 0 Å². The molecule has 4 aromatic heterocycles. The molecular formula is C29H29N7OS. The van der Waals surface area contributed by atoms with Crippen LogP contribution in [-0.2, 0) is 6.54 Å². The van der Waals surface area contributed by atoms with Crippen molar-refractivity contribution in [1.29, 1.82) is 0 Å². The molecule has 0 atom stereocenters. The van der Waals surface area contributed by atoms with Crippen molar-refractivity contribution < 1.29 is 0 Å². The van der Waals surface area contributed by atoms with Gasteiger partial charge >= 0.3 is 0 Å². The van der Waals surface area contributed by atoms with Gasteiger partial charge in [-0.1, -0.05) is 0 Å². The maximum Gasteiger partial charge on any atom is 0.260 e. The summed E-state index contributed by atoms with van der Waals surface area (Å²) in [5.74, 6) is 0.468. The van der Waals surface area contributed by atoms with E-state index in [1.807, 2.05) is 49.4 Å². The Morgan fingerprint density at radius 3 is 2.42 bits per heavy atom. The second kappa shape index (κ2) is 10.4. The zero-order chi connectivity index (χ0) is 26.1. The number of likely N-dealkylation sites (N-methyl/N-ethyl adjacent to an activating group) is 1. The Labute approximate surface area is 225 Å². The number of piperazine rings is 1. The zero-order valence-corrected chi connectivity index (χ0v) is 22.3. The van der Waals surface area contributed by atoms with Gasteiger partial charge in [-0.3, -0.25) is 14.3 Å². The molecule has 0 aliphatic carbocycles. The molecule has 8 nitrogen and oxygen atoms in total. The molecule has 38 heavy (non-hydrogen) atoms. The number of nitrogens with zero attached hydrogens (tertiary/aromatic N) is 6. The number of hydrogen-bond acceptors (Lipinski definition) is 8. The Bertz CT molecular complexity index is 1620. The van der Waals surface area contributed by atoms with Gasteiger partial charge in [-0.15, -0.1) is 11.3 Å². The Hall–Kier alpha value is -4.08. The maximum atomic E-state index is 13.5. The lowest BCUT2D eigenvalue weighted by Crippen LogP contribution is -2.44. The van der Waals surface area contributed by atoms with Crippen LogP contribution in [0.4, 0.5) is 17.3 Å². The standard InChI is InChI=1S/C29H29N7OS/c1-3-36-27-21(18-24(28(36)37)26-9-8-25(38-26)20-10-12-30-13-11-20)19-31-29(33-27)32-22-4-6-23(7-5-22)35-16-14-34(2)15-17-35/h4-13,18-19H,3,14-17H2,1-2H3,(H,31,32,33). The fraction of sp³-hybridized carbons (Fsp3) is 0.241. The maximum absolute atomic E-state index is 13.5. The van der Waals surface area contributed by atoms with E-state index in [4.69, 9.17) is 4.98 Å². The van der Waals surface area contributed by atoms with Crippen molar-refractivity contribution in [3.8, 4) is 20.9 Å². The molecule has 0 amide bonds. The predicted molar refractivity (Wildman–Crippen MR) is 155 cm³/mol. The van der Waals surface area contributed by atoms with Crippen LogP contribution in [0, 0.1) is 0 Å². The first-order valence-electron chi connectivity index (χ1n) is 12.8. The summed E-state index contributed by atoms with van der Waals surface area (Å²) < 4.78 is 1.72. The quantitative estimate of drug-likeness (QED) is 0.332. The van der Waals surface area contributed by atoms with E-state index in [0.29, 0.717) is 23.7 Å². The van der Waals surface area contributed by atoms with E-state index in [2.05, 4.69) is 44.3 Å². The first-order valence-corrected chi connectivity index (χ1v) is 13.6. The van der Waals surface area contributed by atoms with Crippen molar-refractivity contribution in [2.24, 2.45) is 0 Å². The van der Waals surface area contributed by atoms with Crippen molar-refractivity contribution in [3.05, 3.63) is 83.5 Å². The average molecular weight is 524 g/mol. The number of pyridine rings is 2. The summed E-state index contributed by atoms with van der Waals surface area (Å²) in [6, 6.07) is 18.3. The van der Waals surface area contributed by atoms with Gasteiger partial charge in [0.1, 0.15) is 5.65 Å². The number of nitrogens with one attached hydrogen (secondary N) is 1. The molecule has 0 bridgehead atoms. The largest absolute Gasteiger partial charge is 0.369 e. The molecule has 5 heterocycles. The van der Waals surface area contributed by atoms with Crippen LogP contribution in [0.15, 0.2) is 78.0 Å². The summed E-state index contributed by atoms with van der Waals surface area (Å²) in [6.45, 7) is 6.69. The molecule has 1 aliphatic heterocycles. The Balaban J connectivity index is 1.27. The molecule has 6 rings (SSSR count). The van der Waals surface area contributed by atoms with E-state index in [-0.39, 0.29) is 5.56 Å². The molecule has 5 aromatic rings. The molecule has 1 fully saturated rings. The van der Waals surface area contributed by atoms with Gasteiger partial charge in [0.15, 0.2) is 0 Å². The first-order chi connectivity index (χ1) is 18.6. The fourth-order valence-electron chi connectivity index (χ4n) is 4.79. The number of rotatable bonds is 6. The van der Waals surface area contributed by atoms with Gasteiger partial charge in [-0.05, 0) is 74.1 Å². The third-order valence-corrected chi connectivity index (χ3v) is 8.14. The monoisotopic (exact) mass is 523 g/mol. The molecular weight excluding hydrogens is 494 g/mol.